The van der Waals surface area contributed by atoms with Crippen molar-refractivity contribution < 1.29 is 21.4 Å². The van der Waals surface area contributed by atoms with E-state index in [2.05, 4.69) is 20.0 Å². The average molecular weight is 548 g/mol. The van der Waals surface area contributed by atoms with Gasteiger partial charge in [-0.05, 0) is 55.5 Å². The molecule has 0 bridgehead atoms. The van der Waals surface area contributed by atoms with E-state index in [0.29, 0.717) is 11.4 Å². The van der Waals surface area contributed by atoms with Gasteiger partial charge in [0.25, 0.3) is 25.7 Å². The highest BCUT2D eigenvalue weighted by Crippen LogP contribution is 2.26. The van der Waals surface area contributed by atoms with Crippen LogP contribution in [0.5, 0.6) is 0 Å². The maximum Gasteiger partial charge on any atom is 0.299 e. The summed E-state index contributed by atoms with van der Waals surface area (Å²) >= 11 is 6.12. The zero-order valence-electron chi connectivity index (χ0n) is 18.5. The molecular formula is C22H18ClN5O6S2. The van der Waals surface area contributed by atoms with Crippen molar-refractivity contribution >= 4 is 48.8 Å². The molecule has 0 radical (unpaired) electrons. The summed E-state index contributed by atoms with van der Waals surface area (Å²) in [5.41, 5.74) is 0.337. The van der Waals surface area contributed by atoms with Crippen LogP contribution in [0, 0.1) is 6.92 Å². The van der Waals surface area contributed by atoms with Gasteiger partial charge in [0.2, 0.25) is 0 Å². The van der Waals surface area contributed by atoms with E-state index in [-0.39, 0.29) is 27.0 Å². The van der Waals surface area contributed by atoms with Gasteiger partial charge >= 0.3 is 0 Å². The molecule has 1 heterocycles. The SMILES string of the molecule is Cc1[nH]n(-c2ccc(S(=O)(=O)O)cc2Cl)c(=O)c1N=Nc1cccc(S(=O)(=O)Nc2ccccc2)c1. The molecule has 1 aromatic heterocycles. The van der Waals surface area contributed by atoms with Crippen LogP contribution in [0.2, 0.25) is 5.02 Å². The molecule has 0 amide bonds. The minimum atomic E-state index is -4.47. The second kappa shape index (κ2) is 9.70. The number of aromatic amines is 1. The third-order valence-electron chi connectivity index (χ3n) is 4.92. The first-order valence-corrected chi connectivity index (χ1v) is 13.4. The van der Waals surface area contributed by atoms with E-state index in [1.165, 1.54) is 30.3 Å². The largest absolute Gasteiger partial charge is 0.299 e. The summed E-state index contributed by atoms with van der Waals surface area (Å²) < 4.78 is 60.7. The van der Waals surface area contributed by atoms with Gasteiger partial charge in [-0.1, -0.05) is 35.9 Å². The number of rotatable bonds is 7. The zero-order valence-corrected chi connectivity index (χ0v) is 20.8. The van der Waals surface area contributed by atoms with Crippen LogP contribution >= 0.6 is 11.6 Å². The molecule has 4 aromatic rings. The highest BCUT2D eigenvalue weighted by Gasteiger charge is 2.18. The number of azo groups is 1. The van der Waals surface area contributed by atoms with Gasteiger partial charge in [-0.15, -0.1) is 5.11 Å². The average Bonchev–Trinajstić information content (AvgIpc) is 3.10. The minimum Gasteiger partial charge on any atom is -0.293 e. The number of aryl methyl sites for hydroxylation is 1. The fraction of sp³-hybridized carbons (Fsp3) is 0.0455. The van der Waals surface area contributed by atoms with Crippen LogP contribution in [0.1, 0.15) is 5.69 Å². The number of hydrogen-bond acceptors (Lipinski definition) is 7. The van der Waals surface area contributed by atoms with Crippen LogP contribution < -0.4 is 10.3 Å². The third kappa shape index (κ3) is 5.39. The Labute approximate surface area is 210 Å². The summed E-state index contributed by atoms with van der Waals surface area (Å²) in [5.74, 6) is 0. The van der Waals surface area contributed by atoms with Gasteiger partial charge in [0.1, 0.15) is 0 Å². The summed E-state index contributed by atoms with van der Waals surface area (Å²) in [4.78, 5) is 12.4. The van der Waals surface area contributed by atoms with Gasteiger partial charge in [-0.3, -0.25) is 19.2 Å². The predicted molar refractivity (Wildman–Crippen MR) is 134 cm³/mol. The Morgan fingerprint density at radius 1 is 0.917 bits per heavy atom. The van der Waals surface area contributed by atoms with Gasteiger partial charge in [-0.2, -0.15) is 13.5 Å². The smallest absolute Gasteiger partial charge is 0.293 e. The molecule has 0 saturated carbocycles. The lowest BCUT2D eigenvalue weighted by molar-refractivity contribution is 0.483. The molecule has 0 saturated heterocycles. The first kappa shape index (κ1) is 25.3. The van der Waals surface area contributed by atoms with Crippen molar-refractivity contribution in [3.63, 3.8) is 0 Å². The number of H-pyrrole nitrogens is 1. The van der Waals surface area contributed by atoms with E-state index >= 15 is 0 Å². The summed E-state index contributed by atoms with van der Waals surface area (Å²) in [7, 11) is -8.36. The standard InChI is InChI=1S/C22H18ClN5O6S2/c1-14-21(22(29)28(26-14)20-11-10-18(13-19(20)23)36(32,33)34)25-24-16-8-5-9-17(12-16)35(30,31)27-15-6-3-2-4-7-15/h2-13,26-27H,1H3,(H,32,33,34). The van der Waals surface area contributed by atoms with Crippen LogP contribution in [0.25, 0.3) is 5.69 Å². The second-order valence-electron chi connectivity index (χ2n) is 7.48. The van der Waals surface area contributed by atoms with Gasteiger partial charge in [0.15, 0.2) is 5.69 Å². The highest BCUT2D eigenvalue weighted by atomic mass is 35.5. The normalized spacial score (nSPS) is 12.2. The number of hydrogen-bond donors (Lipinski definition) is 3. The lowest BCUT2D eigenvalue weighted by Crippen LogP contribution is -2.14. The molecule has 0 spiro atoms. The number of aromatic nitrogens is 2. The van der Waals surface area contributed by atoms with Gasteiger partial charge < -0.3 is 0 Å². The highest BCUT2D eigenvalue weighted by molar-refractivity contribution is 7.92. The van der Waals surface area contributed by atoms with Crippen LogP contribution in [0.4, 0.5) is 17.1 Å². The molecule has 0 aliphatic rings. The zero-order chi connectivity index (χ0) is 26.1. The van der Waals surface area contributed by atoms with Crippen molar-refractivity contribution in [2.75, 3.05) is 4.72 Å². The molecule has 0 unspecified atom stereocenters. The molecule has 186 valence electrons. The molecule has 0 aliphatic heterocycles. The Kier molecular flexibility index (Phi) is 6.82. The molecule has 0 aliphatic carbocycles. The van der Waals surface area contributed by atoms with E-state index < -0.39 is 30.6 Å². The monoisotopic (exact) mass is 547 g/mol. The Morgan fingerprint density at radius 3 is 2.31 bits per heavy atom. The molecule has 4 rings (SSSR count). The van der Waals surface area contributed by atoms with E-state index in [4.69, 9.17) is 16.2 Å². The fourth-order valence-electron chi connectivity index (χ4n) is 3.20. The predicted octanol–water partition coefficient (Wildman–Crippen LogP) is 4.59. The molecular weight excluding hydrogens is 530 g/mol. The number of anilines is 1. The van der Waals surface area contributed by atoms with Crippen LogP contribution in [0.15, 0.2) is 97.6 Å². The maximum atomic E-state index is 12.9. The quantitative estimate of drug-likeness (QED) is 0.226. The molecule has 3 aromatic carbocycles. The first-order chi connectivity index (χ1) is 17.0. The lowest BCUT2D eigenvalue weighted by atomic mass is 10.3. The van der Waals surface area contributed by atoms with Crippen LogP contribution in [-0.2, 0) is 20.1 Å². The molecule has 14 heteroatoms. The Bertz CT molecular complexity index is 1750. The van der Waals surface area contributed by atoms with Crippen molar-refractivity contribution in [3.05, 3.63) is 93.9 Å². The van der Waals surface area contributed by atoms with Crippen LogP contribution in [0.3, 0.4) is 0 Å². The number of halogens is 1. The summed E-state index contributed by atoms with van der Waals surface area (Å²) in [6, 6.07) is 17.5. The number of sulfonamides is 1. The Balaban J connectivity index is 1.63. The lowest BCUT2D eigenvalue weighted by Gasteiger charge is -2.08. The summed E-state index contributed by atoms with van der Waals surface area (Å²) in [6.45, 7) is 1.57. The van der Waals surface area contributed by atoms with Crippen molar-refractivity contribution in [1.82, 2.24) is 9.78 Å². The fourth-order valence-corrected chi connectivity index (χ4v) is 5.13. The third-order valence-corrected chi connectivity index (χ3v) is 7.45. The number of nitrogens with one attached hydrogen (secondary N) is 2. The molecule has 3 N–H and O–H groups in total. The van der Waals surface area contributed by atoms with Gasteiger partial charge in [-0.25, -0.2) is 13.1 Å². The molecule has 36 heavy (non-hydrogen) atoms. The molecule has 0 fully saturated rings. The topological polar surface area (TPSA) is 163 Å². The number of para-hydroxylation sites is 1. The van der Waals surface area contributed by atoms with Crippen molar-refractivity contribution in [2.45, 2.75) is 16.7 Å². The van der Waals surface area contributed by atoms with Crippen molar-refractivity contribution in [2.24, 2.45) is 10.2 Å². The van der Waals surface area contributed by atoms with Crippen LogP contribution in [-0.4, -0.2) is 31.2 Å². The van der Waals surface area contributed by atoms with Gasteiger partial charge in [0, 0.05) is 5.69 Å². The van der Waals surface area contributed by atoms with Gasteiger partial charge in [0.05, 0.1) is 31.9 Å². The second-order valence-corrected chi connectivity index (χ2v) is 11.0. The summed E-state index contributed by atoms with van der Waals surface area (Å²) in [6.07, 6.45) is 0. The molecule has 0 atom stereocenters. The first-order valence-electron chi connectivity index (χ1n) is 10.1. The maximum absolute atomic E-state index is 12.9. The minimum absolute atomic E-state index is 0.0447. The molecule has 11 nitrogen and oxygen atoms in total. The van der Waals surface area contributed by atoms with Crippen molar-refractivity contribution in [1.29, 1.82) is 0 Å². The number of benzene rings is 3. The van der Waals surface area contributed by atoms with E-state index in [0.717, 1.165) is 16.8 Å². The Hall–Kier alpha value is -3.78. The number of nitrogens with zero attached hydrogens (tertiary/aromatic N) is 3. The Morgan fingerprint density at radius 2 is 1.64 bits per heavy atom. The van der Waals surface area contributed by atoms with E-state index in [9.17, 15) is 21.6 Å². The van der Waals surface area contributed by atoms with Crippen molar-refractivity contribution in [3.8, 4) is 5.69 Å². The summed E-state index contributed by atoms with van der Waals surface area (Å²) in [5, 5.41) is 10.7. The van der Waals surface area contributed by atoms with E-state index in [1.807, 2.05) is 0 Å². The van der Waals surface area contributed by atoms with E-state index in [1.54, 1.807) is 37.3 Å².